The molecule has 1 atom stereocenters. The summed E-state index contributed by atoms with van der Waals surface area (Å²) in [6.45, 7) is 0. The van der Waals surface area contributed by atoms with Crippen LogP contribution in [0.1, 0.15) is 11.6 Å². The van der Waals surface area contributed by atoms with Gasteiger partial charge in [-0.1, -0.05) is 41.9 Å². The Hall–Kier alpha value is -1.89. The smallest absolute Gasteiger partial charge is 0.242 e. The zero-order valence-corrected chi connectivity index (χ0v) is 13.4. The van der Waals surface area contributed by atoms with E-state index in [2.05, 4.69) is 10.0 Å². The molecule has 1 amide bonds. The van der Waals surface area contributed by atoms with Crippen LogP contribution in [0.25, 0.3) is 0 Å². The number of nitrogens with one attached hydrogen (secondary N) is 2. The molecule has 0 saturated heterocycles. The zero-order valence-electron chi connectivity index (χ0n) is 11.8. The molecule has 5 nitrogen and oxygen atoms in total. The fourth-order valence-electron chi connectivity index (χ4n) is 1.90. The zero-order chi connectivity index (χ0) is 16.2. The average molecular weight is 339 g/mol. The third kappa shape index (κ3) is 3.85. The molecule has 2 aromatic rings. The van der Waals surface area contributed by atoms with E-state index in [-0.39, 0.29) is 4.90 Å². The number of benzene rings is 2. The Morgan fingerprint density at radius 3 is 2.18 bits per heavy atom. The largest absolute Gasteiger partial charge is 0.357 e. The SMILES string of the molecule is CNC(=O)C(NS(=O)(=O)c1ccc(Cl)cc1)c1ccccc1. The first-order valence-electron chi connectivity index (χ1n) is 6.48. The van der Waals surface area contributed by atoms with Crippen LogP contribution in [0.4, 0.5) is 0 Å². The highest BCUT2D eigenvalue weighted by Crippen LogP contribution is 2.19. The maximum absolute atomic E-state index is 12.4. The van der Waals surface area contributed by atoms with Crippen molar-refractivity contribution in [2.45, 2.75) is 10.9 Å². The molecule has 0 aromatic heterocycles. The first-order chi connectivity index (χ1) is 10.4. The van der Waals surface area contributed by atoms with E-state index in [9.17, 15) is 13.2 Å². The second kappa shape index (κ2) is 6.91. The summed E-state index contributed by atoms with van der Waals surface area (Å²) in [6, 6.07) is 13.4. The maximum atomic E-state index is 12.4. The summed E-state index contributed by atoms with van der Waals surface area (Å²) >= 11 is 5.76. The Labute approximate surface area is 134 Å². The molecule has 22 heavy (non-hydrogen) atoms. The van der Waals surface area contributed by atoms with Gasteiger partial charge in [-0.25, -0.2) is 8.42 Å². The molecule has 0 fully saturated rings. The van der Waals surface area contributed by atoms with Crippen LogP contribution in [0.5, 0.6) is 0 Å². The number of amides is 1. The van der Waals surface area contributed by atoms with E-state index in [4.69, 9.17) is 11.6 Å². The number of carbonyl (C=O) groups is 1. The highest BCUT2D eigenvalue weighted by atomic mass is 35.5. The molecule has 0 saturated carbocycles. The van der Waals surface area contributed by atoms with Gasteiger partial charge in [0, 0.05) is 12.1 Å². The standard InChI is InChI=1S/C15H15ClN2O3S/c1-17-15(19)14(11-5-3-2-4-6-11)18-22(20,21)13-9-7-12(16)8-10-13/h2-10,14,18H,1H3,(H,17,19). The molecule has 0 bridgehead atoms. The number of hydrogen-bond donors (Lipinski definition) is 2. The summed E-state index contributed by atoms with van der Waals surface area (Å²) in [6.07, 6.45) is 0. The highest BCUT2D eigenvalue weighted by Gasteiger charge is 2.26. The number of likely N-dealkylation sites (N-methyl/N-ethyl adjacent to an activating group) is 1. The van der Waals surface area contributed by atoms with Crippen LogP contribution in [0.2, 0.25) is 5.02 Å². The van der Waals surface area contributed by atoms with Gasteiger partial charge in [-0.3, -0.25) is 4.79 Å². The van der Waals surface area contributed by atoms with Crippen molar-refractivity contribution in [1.82, 2.24) is 10.0 Å². The predicted molar refractivity (Wildman–Crippen MR) is 85.0 cm³/mol. The fraction of sp³-hybridized carbons (Fsp3) is 0.133. The lowest BCUT2D eigenvalue weighted by Crippen LogP contribution is -2.39. The monoisotopic (exact) mass is 338 g/mol. The van der Waals surface area contributed by atoms with Crippen molar-refractivity contribution in [2.24, 2.45) is 0 Å². The molecule has 2 rings (SSSR count). The van der Waals surface area contributed by atoms with E-state index in [1.54, 1.807) is 30.3 Å². The second-order valence-corrected chi connectivity index (χ2v) is 6.68. The lowest BCUT2D eigenvalue weighted by molar-refractivity contribution is -0.122. The van der Waals surface area contributed by atoms with E-state index >= 15 is 0 Å². The first kappa shape index (κ1) is 16.5. The van der Waals surface area contributed by atoms with E-state index in [1.165, 1.54) is 31.3 Å². The first-order valence-corrected chi connectivity index (χ1v) is 8.34. The van der Waals surface area contributed by atoms with Gasteiger partial charge >= 0.3 is 0 Å². The molecule has 0 aliphatic heterocycles. The van der Waals surface area contributed by atoms with Crippen LogP contribution in [0, 0.1) is 0 Å². The number of sulfonamides is 1. The number of carbonyl (C=O) groups excluding carboxylic acids is 1. The van der Waals surface area contributed by atoms with Gasteiger partial charge in [-0.15, -0.1) is 0 Å². The molecule has 0 aliphatic rings. The highest BCUT2D eigenvalue weighted by molar-refractivity contribution is 7.89. The number of rotatable bonds is 5. The molecular formula is C15H15ClN2O3S. The van der Waals surface area contributed by atoms with Gasteiger partial charge < -0.3 is 5.32 Å². The molecule has 2 aromatic carbocycles. The Bertz CT molecular complexity index is 746. The normalized spacial score (nSPS) is 12.6. The fourth-order valence-corrected chi connectivity index (χ4v) is 3.21. The van der Waals surface area contributed by atoms with E-state index in [0.717, 1.165) is 0 Å². The Morgan fingerprint density at radius 1 is 1.05 bits per heavy atom. The average Bonchev–Trinajstić information content (AvgIpc) is 2.53. The Balaban J connectivity index is 2.34. The van der Waals surface area contributed by atoms with Crippen LogP contribution in [-0.4, -0.2) is 21.4 Å². The van der Waals surface area contributed by atoms with Crippen molar-refractivity contribution in [3.05, 3.63) is 65.2 Å². The van der Waals surface area contributed by atoms with Crippen molar-refractivity contribution in [1.29, 1.82) is 0 Å². The number of hydrogen-bond acceptors (Lipinski definition) is 3. The van der Waals surface area contributed by atoms with Crippen LogP contribution in [0.15, 0.2) is 59.5 Å². The summed E-state index contributed by atoms with van der Waals surface area (Å²) in [7, 11) is -2.40. The molecule has 0 heterocycles. The van der Waals surface area contributed by atoms with Crippen molar-refractivity contribution < 1.29 is 13.2 Å². The topological polar surface area (TPSA) is 75.3 Å². The lowest BCUT2D eigenvalue weighted by Gasteiger charge is -2.17. The summed E-state index contributed by atoms with van der Waals surface area (Å²) in [5.41, 5.74) is 0.555. The summed E-state index contributed by atoms with van der Waals surface area (Å²) in [5, 5.41) is 2.89. The summed E-state index contributed by atoms with van der Waals surface area (Å²) < 4.78 is 27.2. The van der Waals surface area contributed by atoms with Gasteiger partial charge in [0.2, 0.25) is 15.9 Å². The summed E-state index contributed by atoms with van der Waals surface area (Å²) in [5.74, 6) is -0.441. The molecule has 116 valence electrons. The molecule has 0 radical (unpaired) electrons. The van der Waals surface area contributed by atoms with Crippen molar-refractivity contribution in [3.63, 3.8) is 0 Å². The van der Waals surface area contributed by atoms with Crippen LogP contribution in [0.3, 0.4) is 0 Å². The minimum absolute atomic E-state index is 0.0433. The minimum atomic E-state index is -3.85. The number of halogens is 1. The van der Waals surface area contributed by atoms with Gasteiger partial charge in [0.05, 0.1) is 4.90 Å². The van der Waals surface area contributed by atoms with E-state index in [0.29, 0.717) is 10.6 Å². The predicted octanol–water partition coefficient (Wildman–Crippen LogP) is 2.11. The molecule has 0 spiro atoms. The Morgan fingerprint density at radius 2 is 1.64 bits per heavy atom. The minimum Gasteiger partial charge on any atom is -0.357 e. The van der Waals surface area contributed by atoms with E-state index < -0.39 is 22.0 Å². The molecule has 0 aliphatic carbocycles. The van der Waals surface area contributed by atoms with E-state index in [1.807, 2.05) is 0 Å². The van der Waals surface area contributed by atoms with Crippen molar-refractivity contribution >= 4 is 27.5 Å². The van der Waals surface area contributed by atoms with Crippen LogP contribution in [-0.2, 0) is 14.8 Å². The second-order valence-electron chi connectivity index (χ2n) is 4.53. The Kier molecular flexibility index (Phi) is 5.18. The van der Waals surface area contributed by atoms with Gasteiger partial charge in [0.15, 0.2) is 0 Å². The quantitative estimate of drug-likeness (QED) is 0.876. The molecular weight excluding hydrogens is 324 g/mol. The summed E-state index contributed by atoms with van der Waals surface area (Å²) in [4.78, 5) is 12.1. The molecule has 2 N–H and O–H groups in total. The van der Waals surface area contributed by atoms with Gasteiger partial charge in [0.25, 0.3) is 0 Å². The van der Waals surface area contributed by atoms with Crippen molar-refractivity contribution in [2.75, 3.05) is 7.05 Å². The lowest BCUT2D eigenvalue weighted by atomic mass is 10.1. The third-order valence-electron chi connectivity index (χ3n) is 3.04. The third-order valence-corrected chi connectivity index (χ3v) is 4.73. The van der Waals surface area contributed by atoms with Crippen LogP contribution >= 0.6 is 11.6 Å². The van der Waals surface area contributed by atoms with Gasteiger partial charge in [-0.05, 0) is 29.8 Å². The maximum Gasteiger partial charge on any atom is 0.242 e. The van der Waals surface area contributed by atoms with Gasteiger partial charge in [-0.2, -0.15) is 4.72 Å². The molecule has 1 unspecified atom stereocenters. The van der Waals surface area contributed by atoms with Gasteiger partial charge in [0.1, 0.15) is 6.04 Å². The molecule has 7 heteroatoms. The van der Waals surface area contributed by atoms with Crippen LogP contribution < -0.4 is 10.0 Å². The van der Waals surface area contributed by atoms with Crippen molar-refractivity contribution in [3.8, 4) is 0 Å².